The van der Waals surface area contributed by atoms with Gasteiger partial charge < -0.3 is 10.6 Å². The average molecular weight is 401 g/mol. The number of nitrogens with one attached hydrogen (secondary N) is 2. The lowest BCUT2D eigenvalue weighted by Gasteiger charge is -2.17. The van der Waals surface area contributed by atoms with E-state index in [1.165, 1.54) is 29.2 Å². The van der Waals surface area contributed by atoms with Gasteiger partial charge in [-0.1, -0.05) is 32.0 Å². The fourth-order valence-electron chi connectivity index (χ4n) is 2.25. The lowest BCUT2D eigenvalue weighted by atomic mass is 10.2. The zero-order chi connectivity index (χ0) is 20.5. The predicted molar refractivity (Wildman–Crippen MR) is 111 cm³/mol. The predicted octanol–water partition coefficient (Wildman–Crippen LogP) is 2.73. The topological polar surface area (TPSA) is 91.4 Å². The summed E-state index contributed by atoms with van der Waals surface area (Å²) < 4.78 is 0. The molecule has 1 aromatic heterocycles. The molecular weight excluding hydrogens is 376 g/mol. The van der Waals surface area contributed by atoms with Crippen LogP contribution in [-0.4, -0.2) is 35.8 Å². The summed E-state index contributed by atoms with van der Waals surface area (Å²) in [6, 6.07) is 9.26. The van der Waals surface area contributed by atoms with Gasteiger partial charge in [0.15, 0.2) is 5.13 Å². The molecule has 0 spiro atoms. The normalized spacial score (nSPS) is 10.9. The van der Waals surface area contributed by atoms with Gasteiger partial charge in [-0.3, -0.25) is 19.3 Å². The van der Waals surface area contributed by atoms with Gasteiger partial charge in [0.25, 0.3) is 0 Å². The van der Waals surface area contributed by atoms with Crippen LogP contribution < -0.4 is 15.5 Å². The van der Waals surface area contributed by atoms with E-state index >= 15 is 0 Å². The number of carbonyl (C=O) groups is 3. The molecule has 2 N–H and O–H groups in total. The number of hydrogen-bond acceptors (Lipinski definition) is 5. The van der Waals surface area contributed by atoms with E-state index in [0.717, 1.165) is 5.69 Å². The van der Waals surface area contributed by atoms with Gasteiger partial charge in [0.2, 0.25) is 17.7 Å². The van der Waals surface area contributed by atoms with Crippen molar-refractivity contribution in [2.45, 2.75) is 20.8 Å². The van der Waals surface area contributed by atoms with Crippen LogP contribution >= 0.6 is 11.3 Å². The van der Waals surface area contributed by atoms with Crippen LogP contribution in [0.15, 0.2) is 41.8 Å². The van der Waals surface area contributed by atoms with E-state index in [9.17, 15) is 14.4 Å². The summed E-state index contributed by atoms with van der Waals surface area (Å²) in [4.78, 5) is 41.3. The third-order valence-corrected chi connectivity index (χ3v) is 4.53. The van der Waals surface area contributed by atoms with Crippen molar-refractivity contribution in [2.75, 3.05) is 18.0 Å². The fraction of sp³-hybridized carbons (Fsp3) is 0.300. The molecule has 0 unspecified atom stereocenters. The minimum atomic E-state index is -0.278. The first-order valence-electron chi connectivity index (χ1n) is 8.93. The molecule has 1 aromatic carbocycles. The highest BCUT2D eigenvalue weighted by Gasteiger charge is 2.17. The molecule has 28 heavy (non-hydrogen) atoms. The van der Waals surface area contributed by atoms with Gasteiger partial charge in [-0.25, -0.2) is 4.98 Å². The maximum atomic E-state index is 12.0. The molecule has 0 fully saturated rings. The van der Waals surface area contributed by atoms with Crippen LogP contribution in [0.25, 0.3) is 6.08 Å². The van der Waals surface area contributed by atoms with Crippen molar-refractivity contribution in [3.8, 4) is 0 Å². The minimum absolute atomic E-state index is 0.0479. The largest absolute Gasteiger partial charge is 0.354 e. The molecule has 1 heterocycles. The average Bonchev–Trinajstić information content (AvgIpc) is 3.12. The Balaban J connectivity index is 1.91. The molecule has 0 saturated heterocycles. The molecule has 0 aliphatic rings. The summed E-state index contributed by atoms with van der Waals surface area (Å²) >= 11 is 1.32. The van der Waals surface area contributed by atoms with Gasteiger partial charge in [0.05, 0.1) is 11.4 Å². The quantitative estimate of drug-likeness (QED) is 0.526. The molecule has 0 aliphatic carbocycles. The number of anilines is 2. The molecule has 0 atom stereocenters. The van der Waals surface area contributed by atoms with E-state index < -0.39 is 0 Å². The molecule has 0 bridgehead atoms. The Labute approximate surface area is 168 Å². The number of benzene rings is 1. The maximum Gasteiger partial charge on any atom is 0.244 e. The third-order valence-electron chi connectivity index (χ3n) is 3.68. The molecule has 7 nitrogen and oxygen atoms in total. The summed E-state index contributed by atoms with van der Waals surface area (Å²) in [6.07, 6.45) is 2.97. The lowest BCUT2D eigenvalue weighted by molar-refractivity contribution is -0.124. The zero-order valence-electron chi connectivity index (χ0n) is 16.1. The van der Waals surface area contributed by atoms with Gasteiger partial charge in [-0.15, -0.1) is 11.3 Å². The van der Waals surface area contributed by atoms with Crippen molar-refractivity contribution in [3.63, 3.8) is 0 Å². The first-order chi connectivity index (χ1) is 13.4. The molecule has 2 aromatic rings. The van der Waals surface area contributed by atoms with Crippen LogP contribution in [0.1, 0.15) is 26.5 Å². The van der Waals surface area contributed by atoms with Gasteiger partial charge in [-0.2, -0.15) is 0 Å². The Morgan fingerprint density at radius 1 is 1.14 bits per heavy atom. The number of amides is 3. The third kappa shape index (κ3) is 6.31. The Bertz CT molecular complexity index is 846. The van der Waals surface area contributed by atoms with Crippen molar-refractivity contribution in [1.82, 2.24) is 15.6 Å². The first kappa shape index (κ1) is 21.3. The van der Waals surface area contributed by atoms with E-state index in [-0.39, 0.29) is 23.6 Å². The number of rotatable bonds is 8. The molecule has 0 radical (unpaired) electrons. The van der Waals surface area contributed by atoms with E-state index in [0.29, 0.717) is 23.9 Å². The van der Waals surface area contributed by atoms with Gasteiger partial charge >= 0.3 is 0 Å². The zero-order valence-corrected chi connectivity index (χ0v) is 17.0. The van der Waals surface area contributed by atoms with Crippen LogP contribution in [0.4, 0.5) is 10.8 Å². The lowest BCUT2D eigenvalue weighted by Crippen LogP contribution is -2.35. The number of hydrogen-bond donors (Lipinski definition) is 2. The van der Waals surface area contributed by atoms with Crippen molar-refractivity contribution >= 4 is 46.0 Å². The highest BCUT2D eigenvalue weighted by Crippen LogP contribution is 2.28. The van der Waals surface area contributed by atoms with E-state index in [1.54, 1.807) is 11.5 Å². The second-order valence-corrected chi connectivity index (χ2v) is 7.15. The van der Waals surface area contributed by atoms with Gasteiger partial charge in [-0.05, 0) is 18.2 Å². The number of thiazole rings is 1. The molecular formula is C20H24N4O3S. The monoisotopic (exact) mass is 400 g/mol. The van der Waals surface area contributed by atoms with E-state index in [4.69, 9.17) is 0 Å². The summed E-state index contributed by atoms with van der Waals surface area (Å²) in [5, 5.41) is 7.73. The summed E-state index contributed by atoms with van der Waals surface area (Å²) in [7, 11) is 0. The van der Waals surface area contributed by atoms with Crippen molar-refractivity contribution in [1.29, 1.82) is 0 Å². The summed E-state index contributed by atoms with van der Waals surface area (Å²) in [5.41, 5.74) is 1.33. The molecule has 148 valence electrons. The second kappa shape index (κ2) is 10.4. The number of aromatic nitrogens is 1. The Morgan fingerprint density at radius 2 is 1.82 bits per heavy atom. The Kier molecular flexibility index (Phi) is 7.88. The standard InChI is InChI=1S/C20H24N4O3S/c1-14(2)19(27)22-12-11-21-18(26)10-9-16-13-28-20(23-16)24(15(3)25)17-7-5-4-6-8-17/h4-10,13-14H,11-12H2,1-3H3,(H,21,26)(H,22,27)/b10-9+. The van der Waals surface area contributed by atoms with Crippen molar-refractivity contribution in [2.24, 2.45) is 5.92 Å². The van der Waals surface area contributed by atoms with Crippen molar-refractivity contribution < 1.29 is 14.4 Å². The van der Waals surface area contributed by atoms with Crippen LogP contribution in [0.3, 0.4) is 0 Å². The van der Waals surface area contributed by atoms with Gasteiger partial charge in [0.1, 0.15) is 0 Å². The summed E-state index contributed by atoms with van der Waals surface area (Å²) in [5.74, 6) is -0.551. The van der Waals surface area contributed by atoms with Crippen LogP contribution in [-0.2, 0) is 14.4 Å². The molecule has 0 aliphatic heterocycles. The fourth-order valence-corrected chi connectivity index (χ4v) is 3.11. The molecule has 2 rings (SSSR count). The molecule has 3 amide bonds. The van der Waals surface area contributed by atoms with Crippen molar-refractivity contribution in [3.05, 3.63) is 47.5 Å². The second-order valence-electron chi connectivity index (χ2n) is 6.32. The molecule has 0 saturated carbocycles. The highest BCUT2D eigenvalue weighted by atomic mass is 32.1. The van der Waals surface area contributed by atoms with Crippen LogP contribution in [0.5, 0.6) is 0 Å². The molecule has 8 heteroatoms. The number of nitrogens with zero attached hydrogens (tertiary/aromatic N) is 2. The minimum Gasteiger partial charge on any atom is -0.354 e. The SMILES string of the molecule is CC(=O)N(c1ccccc1)c1nc(/C=C/C(=O)NCCNC(=O)C(C)C)cs1. The van der Waals surface area contributed by atoms with Crippen LogP contribution in [0, 0.1) is 5.92 Å². The summed E-state index contributed by atoms with van der Waals surface area (Å²) in [6.45, 7) is 5.82. The maximum absolute atomic E-state index is 12.0. The first-order valence-corrected chi connectivity index (χ1v) is 9.81. The van der Waals surface area contributed by atoms with Gasteiger partial charge in [0, 0.05) is 37.4 Å². The number of para-hydroxylation sites is 1. The number of carbonyl (C=O) groups excluding carboxylic acids is 3. The van der Waals surface area contributed by atoms with E-state index in [1.807, 2.05) is 44.2 Å². The Hall–Kier alpha value is -3.00. The van der Waals surface area contributed by atoms with E-state index in [2.05, 4.69) is 15.6 Å². The Morgan fingerprint density at radius 3 is 2.46 bits per heavy atom. The smallest absolute Gasteiger partial charge is 0.244 e. The van der Waals surface area contributed by atoms with Crippen LogP contribution in [0.2, 0.25) is 0 Å². The highest BCUT2D eigenvalue weighted by molar-refractivity contribution is 7.14.